The zero-order valence-corrected chi connectivity index (χ0v) is 20.1. The third-order valence-corrected chi connectivity index (χ3v) is 6.69. The molecule has 3 aromatic rings. The predicted octanol–water partition coefficient (Wildman–Crippen LogP) is 4.46. The third-order valence-electron chi connectivity index (χ3n) is 6.69. The lowest BCUT2D eigenvalue weighted by Gasteiger charge is -2.33. The van der Waals surface area contributed by atoms with E-state index in [1.165, 1.54) is 0 Å². The molecule has 0 spiro atoms. The molecule has 3 heterocycles. The summed E-state index contributed by atoms with van der Waals surface area (Å²) in [7, 11) is 0. The normalized spacial score (nSPS) is 18.5. The lowest BCUT2D eigenvalue weighted by atomic mass is 9.81. The minimum absolute atomic E-state index is 0.00514. The maximum atomic E-state index is 13.9. The second-order valence-corrected chi connectivity index (χ2v) is 9.93. The molecule has 34 heavy (non-hydrogen) atoms. The van der Waals surface area contributed by atoms with Gasteiger partial charge in [0.25, 0.3) is 5.91 Å². The van der Waals surface area contributed by atoms with E-state index < -0.39 is 12.0 Å². The van der Waals surface area contributed by atoms with E-state index in [0.717, 1.165) is 5.56 Å². The Morgan fingerprint density at radius 3 is 2.56 bits per heavy atom. The average molecular weight is 474 g/mol. The summed E-state index contributed by atoms with van der Waals surface area (Å²) in [6.45, 7) is 7.96. The van der Waals surface area contributed by atoms with Gasteiger partial charge in [-0.3, -0.25) is 9.48 Å². The lowest BCUT2D eigenvalue weighted by molar-refractivity contribution is -0.0495. The van der Waals surface area contributed by atoms with Crippen LogP contribution in [-0.4, -0.2) is 36.2 Å². The maximum absolute atomic E-state index is 13.9. The number of nitrogens with one attached hydrogen (secondary N) is 1. The minimum atomic E-state index is -2.66. The molecule has 10 heteroatoms. The van der Waals surface area contributed by atoms with Crippen molar-refractivity contribution in [2.45, 2.75) is 77.4 Å². The highest BCUT2D eigenvalue weighted by Gasteiger charge is 2.39. The van der Waals surface area contributed by atoms with Crippen molar-refractivity contribution in [1.29, 1.82) is 0 Å². The van der Waals surface area contributed by atoms with Gasteiger partial charge in [0, 0.05) is 31.1 Å². The van der Waals surface area contributed by atoms with Gasteiger partial charge in [-0.05, 0) is 56.2 Å². The van der Waals surface area contributed by atoms with Crippen molar-refractivity contribution < 1.29 is 13.6 Å². The van der Waals surface area contributed by atoms with Gasteiger partial charge in [0.05, 0.1) is 24.1 Å². The Balaban J connectivity index is 1.67. The molecule has 1 aliphatic carbocycles. The third kappa shape index (κ3) is 4.96. The summed E-state index contributed by atoms with van der Waals surface area (Å²) < 4.78 is 31.1. The van der Waals surface area contributed by atoms with E-state index >= 15 is 0 Å². The minimum Gasteiger partial charge on any atom is -0.342 e. The summed E-state index contributed by atoms with van der Waals surface area (Å²) in [6.07, 6.45) is 5.26. The molecule has 0 bridgehead atoms. The smallest absolute Gasteiger partial charge is 0.270 e. The fourth-order valence-electron chi connectivity index (χ4n) is 4.58. The molecule has 3 N–H and O–H groups in total. The first-order valence-corrected chi connectivity index (χ1v) is 11.9. The number of hydrogen-bond donors (Lipinski definition) is 2. The van der Waals surface area contributed by atoms with Gasteiger partial charge >= 0.3 is 0 Å². The summed E-state index contributed by atoms with van der Waals surface area (Å²) in [5.41, 5.74) is 8.79. The fraction of sp³-hybridized carbons (Fsp3) is 0.583. The molecule has 1 fully saturated rings. The van der Waals surface area contributed by atoms with E-state index in [-0.39, 0.29) is 42.7 Å². The van der Waals surface area contributed by atoms with E-state index in [4.69, 9.17) is 10.7 Å². The van der Waals surface area contributed by atoms with Crippen LogP contribution >= 0.6 is 0 Å². The van der Waals surface area contributed by atoms with Crippen LogP contribution in [-0.2, 0) is 0 Å². The number of imidazole rings is 1. The molecule has 4 rings (SSSR count). The molecule has 2 atom stereocenters. The van der Waals surface area contributed by atoms with E-state index in [1.807, 2.05) is 33.8 Å². The summed E-state index contributed by atoms with van der Waals surface area (Å²) >= 11 is 0. The number of rotatable bonds is 7. The number of nitrogens with two attached hydrogens (primary N) is 1. The quantitative estimate of drug-likeness (QED) is 0.527. The highest BCUT2D eigenvalue weighted by Crippen LogP contribution is 2.41. The molecule has 0 radical (unpaired) electrons. The van der Waals surface area contributed by atoms with Crippen LogP contribution in [0.3, 0.4) is 0 Å². The first kappa shape index (κ1) is 24.3. The SMILES string of the molecule is CC(C)C(N)c1cnn2cc([C@@H](NC(=O)c3ccnn3C(C)C)C3CCC(F)(F)CC3)nc2c1. The second-order valence-electron chi connectivity index (χ2n) is 9.93. The Kier molecular flexibility index (Phi) is 6.71. The standard InChI is InChI=1S/C24H33F2N7O/c1-14(2)21(27)17-11-20-30-18(13-32(20)29-12-17)22(16-5-8-24(25,26)9-6-16)31-23(34)19-7-10-28-33(19)15(3)4/h7,10-16,21-22H,5-6,8-9,27H2,1-4H3,(H,31,34)/t21?,22-/m0/s1. The molecule has 0 aromatic carbocycles. The number of hydrogen-bond acceptors (Lipinski definition) is 5. The van der Waals surface area contributed by atoms with E-state index in [1.54, 1.807) is 33.9 Å². The molecule has 1 aliphatic rings. The van der Waals surface area contributed by atoms with Gasteiger partial charge in [-0.15, -0.1) is 0 Å². The van der Waals surface area contributed by atoms with Crippen LogP contribution in [0.25, 0.3) is 5.65 Å². The van der Waals surface area contributed by atoms with Crippen LogP contribution in [0.4, 0.5) is 8.78 Å². The number of halogens is 2. The summed E-state index contributed by atoms with van der Waals surface area (Å²) in [5, 5.41) is 11.8. The first-order valence-electron chi connectivity index (χ1n) is 11.9. The van der Waals surface area contributed by atoms with Crippen molar-refractivity contribution in [3.63, 3.8) is 0 Å². The number of amides is 1. The van der Waals surface area contributed by atoms with Crippen molar-refractivity contribution in [2.24, 2.45) is 17.6 Å². The molecule has 184 valence electrons. The van der Waals surface area contributed by atoms with Crippen molar-refractivity contribution in [3.8, 4) is 0 Å². The van der Waals surface area contributed by atoms with Gasteiger partial charge in [0.2, 0.25) is 5.92 Å². The fourth-order valence-corrected chi connectivity index (χ4v) is 4.58. The van der Waals surface area contributed by atoms with E-state index in [9.17, 15) is 13.6 Å². The van der Waals surface area contributed by atoms with Gasteiger partial charge in [-0.2, -0.15) is 10.2 Å². The maximum Gasteiger partial charge on any atom is 0.270 e. The number of fused-ring (bicyclic) bond motifs is 1. The number of nitrogens with zero attached hydrogens (tertiary/aromatic N) is 5. The average Bonchev–Trinajstić information content (AvgIpc) is 3.44. The van der Waals surface area contributed by atoms with Crippen molar-refractivity contribution in [2.75, 3.05) is 0 Å². The highest BCUT2D eigenvalue weighted by atomic mass is 19.3. The largest absolute Gasteiger partial charge is 0.342 e. The Morgan fingerprint density at radius 2 is 1.91 bits per heavy atom. The molecule has 0 saturated heterocycles. The zero-order valence-electron chi connectivity index (χ0n) is 20.1. The monoisotopic (exact) mass is 473 g/mol. The van der Waals surface area contributed by atoms with E-state index in [2.05, 4.69) is 15.5 Å². The van der Waals surface area contributed by atoms with Gasteiger partial charge in [-0.25, -0.2) is 18.3 Å². The van der Waals surface area contributed by atoms with Crippen molar-refractivity contribution in [3.05, 3.63) is 47.7 Å². The van der Waals surface area contributed by atoms with Crippen molar-refractivity contribution >= 4 is 11.6 Å². The van der Waals surface area contributed by atoms with Crippen LogP contribution in [0.5, 0.6) is 0 Å². The molecule has 0 aliphatic heterocycles. The van der Waals surface area contributed by atoms with Gasteiger partial charge in [0.1, 0.15) is 5.69 Å². The second kappa shape index (κ2) is 9.40. The highest BCUT2D eigenvalue weighted by molar-refractivity contribution is 5.92. The van der Waals surface area contributed by atoms with Crippen LogP contribution in [0.15, 0.2) is 30.7 Å². The molecule has 1 saturated carbocycles. The molecule has 3 aromatic heterocycles. The lowest BCUT2D eigenvalue weighted by Crippen LogP contribution is -2.38. The Bertz CT molecular complexity index is 1140. The topological polar surface area (TPSA) is 103 Å². The summed E-state index contributed by atoms with van der Waals surface area (Å²) in [6, 6.07) is 2.86. The van der Waals surface area contributed by atoms with Crippen LogP contribution in [0.2, 0.25) is 0 Å². The number of aromatic nitrogens is 5. The van der Waals surface area contributed by atoms with Crippen molar-refractivity contribution in [1.82, 2.24) is 29.7 Å². The molecular formula is C24H33F2N7O. The molecule has 1 amide bonds. The van der Waals surface area contributed by atoms with Crippen LogP contribution in [0.1, 0.15) is 93.2 Å². The summed E-state index contributed by atoms with van der Waals surface area (Å²) in [5.74, 6) is -2.90. The Hall–Kier alpha value is -2.88. The number of carbonyl (C=O) groups is 1. The predicted molar refractivity (Wildman–Crippen MR) is 124 cm³/mol. The number of alkyl halides is 2. The molecule has 1 unspecified atom stereocenters. The molecular weight excluding hydrogens is 440 g/mol. The Morgan fingerprint density at radius 1 is 1.21 bits per heavy atom. The van der Waals surface area contributed by atoms with Gasteiger partial charge in [0.15, 0.2) is 5.65 Å². The van der Waals surface area contributed by atoms with E-state index in [0.29, 0.717) is 29.9 Å². The van der Waals surface area contributed by atoms with Crippen LogP contribution in [0, 0.1) is 11.8 Å². The first-order chi connectivity index (χ1) is 16.1. The Labute approximate surface area is 197 Å². The zero-order chi connectivity index (χ0) is 24.6. The van der Waals surface area contributed by atoms with Gasteiger partial charge < -0.3 is 11.1 Å². The summed E-state index contributed by atoms with van der Waals surface area (Å²) in [4.78, 5) is 18.0. The number of carbonyl (C=O) groups excluding carboxylic acids is 1. The van der Waals surface area contributed by atoms with Gasteiger partial charge in [-0.1, -0.05) is 13.8 Å². The van der Waals surface area contributed by atoms with Crippen LogP contribution < -0.4 is 11.1 Å². The molecule has 8 nitrogen and oxygen atoms in total.